The molecule has 25 heavy (non-hydrogen) atoms. The molecule has 2 atom stereocenters. The number of benzene rings is 2. The lowest BCUT2D eigenvalue weighted by molar-refractivity contribution is -0.137. The van der Waals surface area contributed by atoms with E-state index in [1.807, 2.05) is 31.2 Å². The highest BCUT2D eigenvalue weighted by Crippen LogP contribution is 2.54. The molecule has 4 rings (SSSR count). The number of para-hydroxylation sites is 1. The lowest BCUT2D eigenvalue weighted by Crippen LogP contribution is -2.51. The van der Waals surface area contributed by atoms with E-state index >= 15 is 0 Å². The van der Waals surface area contributed by atoms with Crippen molar-refractivity contribution in [2.75, 3.05) is 5.32 Å². The van der Waals surface area contributed by atoms with Gasteiger partial charge in [-0.3, -0.25) is 9.59 Å². The summed E-state index contributed by atoms with van der Waals surface area (Å²) in [6.07, 6.45) is 0.495. The summed E-state index contributed by atoms with van der Waals surface area (Å²) in [7, 11) is 0. The molecular formula is C19H16ClFN2O2. The van der Waals surface area contributed by atoms with Gasteiger partial charge in [0.05, 0.1) is 6.04 Å². The number of aryl methyl sites for hydroxylation is 1. The minimum atomic E-state index is -1.02. The van der Waals surface area contributed by atoms with E-state index in [9.17, 15) is 14.0 Å². The predicted molar refractivity (Wildman–Crippen MR) is 92.6 cm³/mol. The van der Waals surface area contributed by atoms with Crippen molar-refractivity contribution >= 4 is 29.3 Å². The first-order valence-corrected chi connectivity index (χ1v) is 8.44. The summed E-state index contributed by atoms with van der Waals surface area (Å²) in [5.41, 5.74) is 1.82. The normalized spacial score (nSPS) is 25.2. The molecule has 2 aromatic rings. The molecule has 6 heteroatoms. The number of nitrogens with zero attached hydrogens (tertiary/aromatic N) is 1. The first kappa shape index (κ1) is 16.1. The van der Waals surface area contributed by atoms with Crippen LogP contribution in [0.2, 0.25) is 0 Å². The fourth-order valence-electron chi connectivity index (χ4n) is 4.04. The molecule has 2 aromatic carbocycles. The quantitative estimate of drug-likeness (QED) is 0.787. The Morgan fingerprint density at radius 1 is 1.24 bits per heavy atom. The number of fused-ring (bicyclic) bond motifs is 2. The topological polar surface area (TPSA) is 49.4 Å². The summed E-state index contributed by atoms with van der Waals surface area (Å²) in [6, 6.07) is 11.0. The minimum Gasteiger partial charge on any atom is -0.325 e. The fourth-order valence-corrected chi connectivity index (χ4v) is 4.39. The number of halogens is 2. The van der Waals surface area contributed by atoms with Crippen molar-refractivity contribution in [1.82, 2.24) is 4.42 Å². The molecule has 0 aromatic heterocycles. The van der Waals surface area contributed by atoms with Crippen molar-refractivity contribution in [3.05, 3.63) is 65.0 Å². The molecule has 2 heterocycles. The maximum absolute atomic E-state index is 13.9. The van der Waals surface area contributed by atoms with Crippen molar-refractivity contribution in [3.63, 3.8) is 0 Å². The lowest BCUT2D eigenvalue weighted by Gasteiger charge is -2.44. The largest absolute Gasteiger partial charge is 0.325 e. The summed E-state index contributed by atoms with van der Waals surface area (Å²) >= 11 is 6.37. The van der Waals surface area contributed by atoms with E-state index < -0.39 is 17.3 Å². The van der Waals surface area contributed by atoms with Crippen LogP contribution in [0, 0.1) is 12.7 Å². The van der Waals surface area contributed by atoms with Gasteiger partial charge >= 0.3 is 0 Å². The van der Waals surface area contributed by atoms with Crippen molar-refractivity contribution in [3.8, 4) is 0 Å². The molecule has 1 fully saturated rings. The summed E-state index contributed by atoms with van der Waals surface area (Å²) < 4.78 is 15.0. The fraction of sp³-hybridized carbons (Fsp3) is 0.263. The Morgan fingerprint density at radius 3 is 2.80 bits per heavy atom. The molecule has 4 nitrogen and oxygen atoms in total. The number of rotatable bonds is 1. The van der Waals surface area contributed by atoms with Gasteiger partial charge in [0.25, 0.3) is 0 Å². The van der Waals surface area contributed by atoms with Gasteiger partial charge in [-0.25, -0.2) is 8.81 Å². The monoisotopic (exact) mass is 358 g/mol. The molecular weight excluding hydrogens is 343 g/mol. The maximum Gasteiger partial charge on any atom is 0.237 e. The highest BCUT2D eigenvalue weighted by Gasteiger charge is 2.58. The van der Waals surface area contributed by atoms with Crippen LogP contribution < -0.4 is 5.32 Å². The summed E-state index contributed by atoms with van der Waals surface area (Å²) in [5.74, 6) is -0.899. The average Bonchev–Trinajstić information content (AvgIpc) is 2.87. The second-order valence-electron chi connectivity index (χ2n) is 6.58. The number of hydrogen-bond donors (Lipinski definition) is 1. The zero-order valence-electron chi connectivity index (χ0n) is 13.6. The van der Waals surface area contributed by atoms with Gasteiger partial charge in [0.15, 0.2) is 0 Å². The number of amides is 2. The van der Waals surface area contributed by atoms with Crippen molar-refractivity contribution in [1.29, 1.82) is 0 Å². The zero-order valence-corrected chi connectivity index (χ0v) is 14.3. The van der Waals surface area contributed by atoms with E-state index in [4.69, 9.17) is 11.8 Å². The third-order valence-electron chi connectivity index (χ3n) is 5.26. The Labute approximate surface area is 149 Å². The summed E-state index contributed by atoms with van der Waals surface area (Å²) in [5, 5.41) is 2.90. The van der Waals surface area contributed by atoms with Crippen molar-refractivity contribution in [2.24, 2.45) is 0 Å². The highest BCUT2D eigenvalue weighted by molar-refractivity contribution is 6.23. The van der Waals surface area contributed by atoms with Crippen LogP contribution in [0.4, 0.5) is 10.1 Å². The minimum absolute atomic E-state index is 0.163. The van der Waals surface area contributed by atoms with Gasteiger partial charge < -0.3 is 5.32 Å². The molecule has 2 aliphatic heterocycles. The Morgan fingerprint density at radius 2 is 2.00 bits per heavy atom. The Kier molecular flexibility index (Phi) is 3.58. The van der Waals surface area contributed by atoms with E-state index in [1.165, 1.54) is 12.1 Å². The zero-order chi connectivity index (χ0) is 17.8. The smallest absolute Gasteiger partial charge is 0.237 e. The van der Waals surface area contributed by atoms with Gasteiger partial charge in [-0.15, -0.1) is 0 Å². The number of anilines is 1. The third kappa shape index (κ3) is 2.19. The van der Waals surface area contributed by atoms with Crippen molar-refractivity contribution < 1.29 is 14.0 Å². The van der Waals surface area contributed by atoms with Crippen molar-refractivity contribution in [2.45, 2.75) is 31.2 Å². The number of carbonyl (C=O) groups excluding carboxylic acids is 2. The van der Waals surface area contributed by atoms with Crippen LogP contribution in [0.15, 0.2) is 42.5 Å². The Bertz CT molecular complexity index is 901. The molecule has 2 aliphatic rings. The first-order chi connectivity index (χ1) is 11.9. The van der Waals surface area contributed by atoms with Crippen LogP contribution in [0.25, 0.3) is 0 Å². The molecule has 2 unspecified atom stereocenters. The van der Waals surface area contributed by atoms with E-state index in [1.54, 1.807) is 6.07 Å². The van der Waals surface area contributed by atoms with Crippen LogP contribution in [-0.4, -0.2) is 16.2 Å². The first-order valence-electron chi connectivity index (χ1n) is 8.10. The third-order valence-corrected chi connectivity index (χ3v) is 5.65. The van der Waals surface area contributed by atoms with Gasteiger partial charge in [-0.2, -0.15) is 0 Å². The number of piperidine rings is 1. The average molecular weight is 359 g/mol. The maximum atomic E-state index is 13.9. The van der Waals surface area contributed by atoms with Crippen LogP contribution >= 0.6 is 11.8 Å². The Hall–Kier alpha value is -2.40. The molecule has 0 bridgehead atoms. The predicted octanol–water partition coefficient (Wildman–Crippen LogP) is 3.84. The van der Waals surface area contributed by atoms with Crippen LogP contribution in [-0.2, 0) is 15.0 Å². The molecule has 1 spiro atoms. The number of carbonyl (C=O) groups is 2. The molecule has 0 saturated carbocycles. The second-order valence-corrected chi connectivity index (χ2v) is 6.94. The van der Waals surface area contributed by atoms with Crippen LogP contribution in [0.3, 0.4) is 0 Å². The number of hydrogen-bond acceptors (Lipinski definition) is 2. The van der Waals surface area contributed by atoms with Gasteiger partial charge in [0.2, 0.25) is 11.8 Å². The van der Waals surface area contributed by atoms with Gasteiger partial charge in [-0.05, 0) is 48.2 Å². The van der Waals surface area contributed by atoms with E-state index in [0.29, 0.717) is 17.7 Å². The van der Waals surface area contributed by atoms with Gasteiger partial charge in [-0.1, -0.05) is 24.3 Å². The Balaban J connectivity index is 1.99. The van der Waals surface area contributed by atoms with E-state index in [-0.39, 0.29) is 18.2 Å². The molecule has 0 radical (unpaired) electrons. The molecule has 1 saturated heterocycles. The van der Waals surface area contributed by atoms with E-state index in [0.717, 1.165) is 15.5 Å². The lowest BCUT2D eigenvalue weighted by atomic mass is 9.67. The summed E-state index contributed by atoms with van der Waals surface area (Å²) in [4.78, 5) is 25.3. The molecule has 2 amide bonds. The molecule has 128 valence electrons. The SMILES string of the molecule is Cc1ccc(F)cc1C1N(Cl)C(=O)CCC12C(=O)Nc1ccccc12. The summed E-state index contributed by atoms with van der Waals surface area (Å²) in [6.45, 7) is 1.82. The van der Waals surface area contributed by atoms with E-state index in [2.05, 4.69) is 5.32 Å². The van der Waals surface area contributed by atoms with Gasteiger partial charge in [0, 0.05) is 23.9 Å². The van der Waals surface area contributed by atoms with Crippen LogP contribution in [0.1, 0.15) is 35.6 Å². The standard InChI is InChI=1S/C19H16ClFN2O2/c1-11-6-7-12(21)10-13(11)17-19(9-8-16(24)23(17)20)14-4-2-3-5-15(14)22-18(19)25/h2-7,10,17H,8-9H2,1H3,(H,22,25). The van der Waals surface area contributed by atoms with Gasteiger partial charge in [0.1, 0.15) is 11.2 Å². The van der Waals surface area contributed by atoms with Crippen LogP contribution in [0.5, 0.6) is 0 Å². The number of nitrogens with one attached hydrogen (secondary N) is 1. The highest BCUT2D eigenvalue weighted by atomic mass is 35.5. The molecule has 0 aliphatic carbocycles. The molecule has 1 N–H and O–H groups in total. The second kappa shape index (κ2) is 5.56.